The number of rotatable bonds is 2. The maximum Gasteiger partial charge on any atom is 0.320 e. The summed E-state index contributed by atoms with van der Waals surface area (Å²) >= 11 is 0. The zero-order valence-electron chi connectivity index (χ0n) is 10.5. The molecule has 2 aliphatic rings. The highest BCUT2D eigenvalue weighted by molar-refractivity contribution is 5.76. The van der Waals surface area contributed by atoms with Gasteiger partial charge in [0.2, 0.25) is 0 Å². The van der Waals surface area contributed by atoms with Crippen LogP contribution in [-0.2, 0) is 4.74 Å². The Morgan fingerprint density at radius 1 is 1.31 bits per heavy atom. The third kappa shape index (κ3) is 2.32. The summed E-state index contributed by atoms with van der Waals surface area (Å²) in [6.07, 6.45) is 2.61. The Morgan fingerprint density at radius 3 is 2.56 bits per heavy atom. The maximum absolute atomic E-state index is 12.1. The fourth-order valence-corrected chi connectivity index (χ4v) is 2.38. The van der Waals surface area contributed by atoms with Crippen LogP contribution in [0.25, 0.3) is 0 Å². The number of urea groups is 1. The van der Waals surface area contributed by atoms with Gasteiger partial charge in [-0.2, -0.15) is 0 Å². The smallest absolute Gasteiger partial charge is 0.320 e. The van der Waals surface area contributed by atoms with Crippen LogP contribution in [0.4, 0.5) is 4.79 Å². The zero-order chi connectivity index (χ0) is 11.7. The van der Waals surface area contributed by atoms with E-state index < -0.39 is 0 Å². The van der Waals surface area contributed by atoms with Gasteiger partial charge >= 0.3 is 6.03 Å². The standard InChI is InChI=1S/C12H22N2O2/c1-9(2)16-11-5-6-13(8-11)12(15)14-7-4-10(14)3/h9-11H,4-8H2,1-3H3. The average Bonchev–Trinajstić information content (AvgIpc) is 2.63. The van der Waals surface area contributed by atoms with Gasteiger partial charge in [0.15, 0.2) is 0 Å². The molecule has 0 bridgehead atoms. The third-order valence-corrected chi connectivity index (χ3v) is 3.45. The summed E-state index contributed by atoms with van der Waals surface area (Å²) in [4.78, 5) is 16.0. The van der Waals surface area contributed by atoms with Gasteiger partial charge in [-0.05, 0) is 33.6 Å². The number of ether oxygens (including phenoxy) is 1. The van der Waals surface area contributed by atoms with Crippen molar-refractivity contribution in [1.29, 1.82) is 0 Å². The Bertz CT molecular complexity index is 268. The molecule has 2 atom stereocenters. The van der Waals surface area contributed by atoms with Crippen molar-refractivity contribution in [3.8, 4) is 0 Å². The van der Waals surface area contributed by atoms with E-state index in [1.807, 2.05) is 23.6 Å². The summed E-state index contributed by atoms with van der Waals surface area (Å²) in [5.41, 5.74) is 0. The van der Waals surface area contributed by atoms with Crippen molar-refractivity contribution in [2.75, 3.05) is 19.6 Å². The first-order valence-corrected chi connectivity index (χ1v) is 6.29. The summed E-state index contributed by atoms with van der Waals surface area (Å²) in [5.74, 6) is 0. The highest BCUT2D eigenvalue weighted by Gasteiger charge is 2.35. The first kappa shape index (κ1) is 11.7. The summed E-state index contributed by atoms with van der Waals surface area (Å²) in [6, 6.07) is 0.631. The Kier molecular flexibility index (Phi) is 3.38. The monoisotopic (exact) mass is 226 g/mol. The molecule has 0 aromatic heterocycles. The molecule has 16 heavy (non-hydrogen) atoms. The fraction of sp³-hybridized carbons (Fsp3) is 0.917. The van der Waals surface area contributed by atoms with Gasteiger partial charge in [0.25, 0.3) is 0 Å². The lowest BCUT2D eigenvalue weighted by atomic mass is 10.1. The molecule has 4 nitrogen and oxygen atoms in total. The van der Waals surface area contributed by atoms with Gasteiger partial charge in [-0.25, -0.2) is 4.79 Å². The summed E-state index contributed by atoms with van der Waals surface area (Å²) in [6.45, 7) is 8.73. The highest BCUT2D eigenvalue weighted by Crippen LogP contribution is 2.22. The molecule has 0 radical (unpaired) electrons. The van der Waals surface area contributed by atoms with E-state index in [1.165, 1.54) is 0 Å². The van der Waals surface area contributed by atoms with Crippen LogP contribution in [0.1, 0.15) is 33.6 Å². The minimum atomic E-state index is 0.202. The van der Waals surface area contributed by atoms with Crippen molar-refractivity contribution in [3.63, 3.8) is 0 Å². The van der Waals surface area contributed by atoms with Crippen molar-refractivity contribution < 1.29 is 9.53 Å². The third-order valence-electron chi connectivity index (χ3n) is 3.45. The number of carbonyl (C=O) groups excluding carboxylic acids is 1. The van der Waals surface area contributed by atoms with Crippen LogP contribution < -0.4 is 0 Å². The number of hydrogen-bond donors (Lipinski definition) is 0. The van der Waals surface area contributed by atoms with Gasteiger partial charge in [0.1, 0.15) is 0 Å². The van der Waals surface area contributed by atoms with Gasteiger partial charge in [0.05, 0.1) is 12.2 Å². The second kappa shape index (κ2) is 4.62. The first-order valence-electron chi connectivity index (χ1n) is 6.29. The molecule has 2 fully saturated rings. The molecule has 0 N–H and O–H groups in total. The van der Waals surface area contributed by atoms with Crippen molar-refractivity contribution in [2.45, 2.75) is 51.9 Å². The van der Waals surface area contributed by atoms with E-state index in [9.17, 15) is 4.79 Å². The van der Waals surface area contributed by atoms with Crippen LogP contribution >= 0.6 is 0 Å². The minimum Gasteiger partial charge on any atom is -0.374 e. The zero-order valence-corrected chi connectivity index (χ0v) is 10.5. The van der Waals surface area contributed by atoms with E-state index in [2.05, 4.69) is 6.92 Å². The lowest BCUT2D eigenvalue weighted by Gasteiger charge is -2.40. The Morgan fingerprint density at radius 2 is 2.06 bits per heavy atom. The number of hydrogen-bond acceptors (Lipinski definition) is 2. The highest BCUT2D eigenvalue weighted by atomic mass is 16.5. The van der Waals surface area contributed by atoms with Gasteiger partial charge in [-0.3, -0.25) is 0 Å². The molecule has 2 unspecified atom stereocenters. The topological polar surface area (TPSA) is 32.8 Å². The molecule has 0 aromatic carbocycles. The Hall–Kier alpha value is -0.770. The molecule has 2 amide bonds. The van der Waals surface area contributed by atoms with Crippen molar-refractivity contribution in [1.82, 2.24) is 9.80 Å². The predicted octanol–water partition coefficient (Wildman–Crippen LogP) is 1.70. The molecule has 2 rings (SSSR count). The molecule has 2 heterocycles. The molecule has 0 spiro atoms. The van der Waals surface area contributed by atoms with Crippen LogP contribution in [0.5, 0.6) is 0 Å². The molecule has 2 saturated heterocycles. The minimum absolute atomic E-state index is 0.202. The molecular weight excluding hydrogens is 204 g/mol. The van der Waals surface area contributed by atoms with Crippen LogP contribution in [0, 0.1) is 0 Å². The number of amides is 2. The largest absolute Gasteiger partial charge is 0.374 e. The van der Waals surface area contributed by atoms with Crippen molar-refractivity contribution in [3.05, 3.63) is 0 Å². The second-order valence-corrected chi connectivity index (χ2v) is 5.16. The number of likely N-dealkylation sites (tertiary alicyclic amines) is 2. The van der Waals surface area contributed by atoms with Gasteiger partial charge in [0, 0.05) is 25.7 Å². The van der Waals surface area contributed by atoms with E-state index in [1.54, 1.807) is 0 Å². The average molecular weight is 226 g/mol. The van der Waals surface area contributed by atoms with Gasteiger partial charge < -0.3 is 14.5 Å². The molecular formula is C12H22N2O2. The summed E-state index contributed by atoms with van der Waals surface area (Å²) in [7, 11) is 0. The van der Waals surface area contributed by atoms with Crippen LogP contribution in [-0.4, -0.2) is 53.7 Å². The maximum atomic E-state index is 12.1. The van der Waals surface area contributed by atoms with E-state index in [0.29, 0.717) is 6.04 Å². The molecule has 92 valence electrons. The fourth-order valence-electron chi connectivity index (χ4n) is 2.38. The SMILES string of the molecule is CC(C)OC1CCN(C(=O)N2CCC2C)C1. The van der Waals surface area contributed by atoms with Gasteiger partial charge in [-0.15, -0.1) is 0 Å². The summed E-state index contributed by atoms with van der Waals surface area (Å²) in [5, 5.41) is 0. The van der Waals surface area contributed by atoms with E-state index in [0.717, 1.165) is 32.5 Å². The quantitative estimate of drug-likeness (QED) is 0.718. The Labute approximate surface area is 97.5 Å². The van der Waals surface area contributed by atoms with Crippen molar-refractivity contribution in [2.24, 2.45) is 0 Å². The lowest BCUT2D eigenvalue weighted by Crippen LogP contribution is -2.54. The first-order chi connectivity index (χ1) is 7.58. The Balaban J connectivity index is 1.81. The predicted molar refractivity (Wildman–Crippen MR) is 62.4 cm³/mol. The van der Waals surface area contributed by atoms with E-state index in [-0.39, 0.29) is 18.2 Å². The van der Waals surface area contributed by atoms with Crippen LogP contribution in [0.2, 0.25) is 0 Å². The number of nitrogens with zero attached hydrogens (tertiary/aromatic N) is 2. The number of carbonyl (C=O) groups is 1. The van der Waals surface area contributed by atoms with Crippen LogP contribution in [0.3, 0.4) is 0 Å². The normalized spacial score (nSPS) is 29.8. The molecule has 0 saturated carbocycles. The molecule has 0 aromatic rings. The molecule has 2 aliphatic heterocycles. The van der Waals surface area contributed by atoms with Crippen LogP contribution in [0.15, 0.2) is 0 Å². The summed E-state index contributed by atoms with van der Waals surface area (Å²) < 4.78 is 5.74. The van der Waals surface area contributed by atoms with E-state index >= 15 is 0 Å². The lowest BCUT2D eigenvalue weighted by molar-refractivity contribution is 0.0135. The van der Waals surface area contributed by atoms with E-state index in [4.69, 9.17) is 4.74 Å². The van der Waals surface area contributed by atoms with Crippen molar-refractivity contribution >= 4 is 6.03 Å². The molecule has 0 aliphatic carbocycles. The van der Waals surface area contributed by atoms with Gasteiger partial charge in [-0.1, -0.05) is 0 Å². The second-order valence-electron chi connectivity index (χ2n) is 5.16. The molecule has 4 heteroatoms.